The minimum atomic E-state index is -0.712. The predicted molar refractivity (Wildman–Crippen MR) is 48.9 cm³/mol. The van der Waals surface area contributed by atoms with E-state index in [-0.39, 0.29) is 11.8 Å². The van der Waals surface area contributed by atoms with E-state index in [1.165, 1.54) is 0 Å². The Morgan fingerprint density at radius 2 is 2.00 bits per heavy atom. The Labute approximate surface area is 74.0 Å². The Kier molecular flexibility index (Phi) is 4.90. The number of rotatable bonds is 6. The largest absolute Gasteiger partial charge is 0.481 e. The van der Waals surface area contributed by atoms with E-state index in [4.69, 9.17) is 10.8 Å². The van der Waals surface area contributed by atoms with Crippen molar-refractivity contribution >= 4 is 5.97 Å². The van der Waals surface area contributed by atoms with Crippen molar-refractivity contribution < 1.29 is 9.90 Å². The summed E-state index contributed by atoms with van der Waals surface area (Å²) < 4.78 is 0. The first-order valence-electron chi connectivity index (χ1n) is 4.40. The molecule has 0 unspecified atom stereocenters. The molecule has 0 radical (unpaired) electrons. The van der Waals surface area contributed by atoms with Gasteiger partial charge in [0.2, 0.25) is 0 Å². The van der Waals surface area contributed by atoms with Crippen LogP contribution in [0.5, 0.6) is 0 Å². The van der Waals surface area contributed by atoms with Gasteiger partial charge in [0.15, 0.2) is 0 Å². The van der Waals surface area contributed by atoms with Crippen LogP contribution in [0.2, 0.25) is 0 Å². The van der Waals surface area contributed by atoms with Crippen molar-refractivity contribution in [2.75, 3.05) is 6.54 Å². The van der Waals surface area contributed by atoms with Crippen LogP contribution in [0.4, 0.5) is 0 Å². The van der Waals surface area contributed by atoms with Crippen molar-refractivity contribution in [2.24, 2.45) is 11.1 Å². The molecule has 72 valence electrons. The Morgan fingerprint density at radius 1 is 1.42 bits per heavy atom. The smallest absolute Gasteiger partial charge is 0.303 e. The van der Waals surface area contributed by atoms with Crippen molar-refractivity contribution in [1.82, 2.24) is 0 Å². The molecule has 0 aliphatic carbocycles. The van der Waals surface area contributed by atoms with Gasteiger partial charge < -0.3 is 10.8 Å². The van der Waals surface area contributed by atoms with Gasteiger partial charge in [0.25, 0.3) is 0 Å². The molecule has 0 bridgehead atoms. The molecule has 0 heterocycles. The third-order valence-electron chi connectivity index (χ3n) is 2.07. The number of aliphatic carboxylic acids is 1. The average Bonchev–Trinajstić information content (AvgIpc) is 1.98. The highest BCUT2D eigenvalue weighted by molar-refractivity contribution is 5.66. The maximum atomic E-state index is 10.3. The molecule has 0 aromatic carbocycles. The van der Waals surface area contributed by atoms with Crippen LogP contribution in [0, 0.1) is 5.41 Å². The van der Waals surface area contributed by atoms with Crippen molar-refractivity contribution in [2.45, 2.75) is 39.5 Å². The molecule has 0 saturated carbocycles. The van der Waals surface area contributed by atoms with E-state index in [0.717, 1.165) is 19.3 Å². The molecule has 0 saturated heterocycles. The fourth-order valence-electron chi connectivity index (χ4n) is 1.15. The molecular formula is C9H19NO2. The van der Waals surface area contributed by atoms with E-state index in [1.54, 1.807) is 0 Å². The zero-order chi connectivity index (χ0) is 9.61. The van der Waals surface area contributed by atoms with Gasteiger partial charge in [0, 0.05) is 6.42 Å². The summed E-state index contributed by atoms with van der Waals surface area (Å²) in [4.78, 5) is 10.3. The number of carboxylic acid groups (broad SMARTS) is 1. The maximum Gasteiger partial charge on any atom is 0.303 e. The second-order valence-electron chi connectivity index (χ2n) is 3.95. The Bertz CT molecular complexity index is 143. The van der Waals surface area contributed by atoms with Gasteiger partial charge in [-0.2, -0.15) is 0 Å². The summed E-state index contributed by atoms with van der Waals surface area (Å²) in [6.45, 7) is 4.87. The van der Waals surface area contributed by atoms with Crippen LogP contribution in [0.1, 0.15) is 39.5 Å². The molecule has 0 aliphatic rings. The van der Waals surface area contributed by atoms with Gasteiger partial charge in [-0.3, -0.25) is 4.79 Å². The summed E-state index contributed by atoms with van der Waals surface area (Å²) >= 11 is 0. The van der Waals surface area contributed by atoms with Gasteiger partial charge in [-0.25, -0.2) is 0 Å². The fourth-order valence-corrected chi connectivity index (χ4v) is 1.15. The standard InChI is InChI=1S/C9H19NO2/c1-9(2,5-3-7-10)6-4-8(11)12/h3-7,10H2,1-2H3,(H,11,12). The summed E-state index contributed by atoms with van der Waals surface area (Å²) in [6, 6.07) is 0. The monoisotopic (exact) mass is 173 g/mol. The third kappa shape index (κ3) is 6.16. The number of hydrogen-bond acceptors (Lipinski definition) is 2. The van der Waals surface area contributed by atoms with Crippen LogP contribution in [0.15, 0.2) is 0 Å². The predicted octanol–water partition coefficient (Wildman–Crippen LogP) is 1.62. The van der Waals surface area contributed by atoms with Crippen LogP contribution in [0.3, 0.4) is 0 Å². The Hall–Kier alpha value is -0.570. The van der Waals surface area contributed by atoms with E-state index in [9.17, 15) is 4.79 Å². The highest BCUT2D eigenvalue weighted by atomic mass is 16.4. The second-order valence-corrected chi connectivity index (χ2v) is 3.95. The molecule has 12 heavy (non-hydrogen) atoms. The van der Waals surface area contributed by atoms with Crippen molar-refractivity contribution in [3.05, 3.63) is 0 Å². The van der Waals surface area contributed by atoms with Gasteiger partial charge in [0.05, 0.1) is 0 Å². The quantitative estimate of drug-likeness (QED) is 0.641. The van der Waals surface area contributed by atoms with E-state index < -0.39 is 5.97 Å². The molecule has 0 spiro atoms. The Morgan fingerprint density at radius 3 is 2.42 bits per heavy atom. The van der Waals surface area contributed by atoms with Gasteiger partial charge in [-0.15, -0.1) is 0 Å². The maximum absolute atomic E-state index is 10.3. The Balaban J connectivity index is 3.63. The van der Waals surface area contributed by atoms with Crippen LogP contribution in [0.25, 0.3) is 0 Å². The molecule has 0 rings (SSSR count). The summed E-state index contributed by atoms with van der Waals surface area (Å²) in [5.74, 6) is -0.712. The molecule has 0 aliphatic heterocycles. The lowest BCUT2D eigenvalue weighted by atomic mass is 9.83. The molecule has 3 N–H and O–H groups in total. The second kappa shape index (κ2) is 5.14. The lowest BCUT2D eigenvalue weighted by Gasteiger charge is -2.23. The van der Waals surface area contributed by atoms with Crippen molar-refractivity contribution in [3.63, 3.8) is 0 Å². The van der Waals surface area contributed by atoms with E-state index >= 15 is 0 Å². The number of hydrogen-bond donors (Lipinski definition) is 2. The van der Waals surface area contributed by atoms with Gasteiger partial charge in [-0.1, -0.05) is 13.8 Å². The normalized spacial score (nSPS) is 11.6. The summed E-state index contributed by atoms with van der Waals surface area (Å²) in [7, 11) is 0. The van der Waals surface area contributed by atoms with Gasteiger partial charge in [0.1, 0.15) is 0 Å². The summed E-state index contributed by atoms with van der Waals surface area (Å²) in [5, 5.41) is 8.48. The van der Waals surface area contributed by atoms with E-state index in [2.05, 4.69) is 13.8 Å². The molecule has 0 atom stereocenters. The SMILES string of the molecule is CC(C)(CCCN)CCC(=O)O. The lowest BCUT2D eigenvalue weighted by molar-refractivity contribution is -0.137. The molecule has 0 aromatic heterocycles. The van der Waals surface area contributed by atoms with Crippen molar-refractivity contribution in [1.29, 1.82) is 0 Å². The molecule has 0 fully saturated rings. The summed E-state index contributed by atoms with van der Waals surface area (Å²) in [5.41, 5.74) is 5.50. The van der Waals surface area contributed by atoms with Crippen molar-refractivity contribution in [3.8, 4) is 0 Å². The molecular weight excluding hydrogens is 154 g/mol. The third-order valence-corrected chi connectivity index (χ3v) is 2.07. The summed E-state index contributed by atoms with van der Waals surface area (Å²) in [6.07, 6.45) is 2.99. The number of nitrogens with two attached hydrogens (primary N) is 1. The fraction of sp³-hybridized carbons (Fsp3) is 0.889. The molecule has 3 heteroatoms. The minimum absolute atomic E-state index is 0.123. The minimum Gasteiger partial charge on any atom is -0.481 e. The zero-order valence-corrected chi connectivity index (χ0v) is 7.97. The van der Waals surface area contributed by atoms with Gasteiger partial charge in [-0.05, 0) is 31.2 Å². The van der Waals surface area contributed by atoms with E-state index in [0.29, 0.717) is 6.54 Å². The van der Waals surface area contributed by atoms with Crippen LogP contribution >= 0.6 is 0 Å². The first-order valence-corrected chi connectivity index (χ1v) is 4.40. The average molecular weight is 173 g/mol. The first kappa shape index (κ1) is 11.4. The lowest BCUT2D eigenvalue weighted by Crippen LogP contribution is -2.15. The number of carboxylic acids is 1. The molecule has 3 nitrogen and oxygen atoms in total. The topological polar surface area (TPSA) is 63.3 Å². The van der Waals surface area contributed by atoms with Crippen LogP contribution < -0.4 is 5.73 Å². The highest BCUT2D eigenvalue weighted by Crippen LogP contribution is 2.27. The first-order chi connectivity index (χ1) is 5.48. The zero-order valence-electron chi connectivity index (χ0n) is 7.97. The van der Waals surface area contributed by atoms with E-state index in [1.807, 2.05) is 0 Å². The molecule has 0 amide bonds. The molecule has 0 aromatic rings. The highest BCUT2D eigenvalue weighted by Gasteiger charge is 2.17. The number of carbonyl (C=O) groups is 1. The van der Waals surface area contributed by atoms with Crippen LogP contribution in [-0.4, -0.2) is 17.6 Å². The van der Waals surface area contributed by atoms with Crippen LogP contribution in [-0.2, 0) is 4.79 Å². The van der Waals surface area contributed by atoms with Gasteiger partial charge >= 0.3 is 5.97 Å².